The maximum atomic E-state index is 14.5. The van der Waals surface area contributed by atoms with E-state index in [0.717, 1.165) is 31.4 Å². The van der Waals surface area contributed by atoms with Gasteiger partial charge in [-0.2, -0.15) is 0 Å². The number of hydrogen-bond donors (Lipinski definition) is 1. The van der Waals surface area contributed by atoms with Crippen LogP contribution >= 0.6 is 0 Å². The van der Waals surface area contributed by atoms with Crippen molar-refractivity contribution in [3.05, 3.63) is 70.3 Å². The number of benzene rings is 2. The van der Waals surface area contributed by atoms with Gasteiger partial charge >= 0.3 is 5.97 Å². The van der Waals surface area contributed by atoms with Gasteiger partial charge in [-0.25, -0.2) is 8.78 Å². The van der Waals surface area contributed by atoms with Crippen LogP contribution in [-0.2, 0) is 27.1 Å². The monoisotopic (exact) mass is 489 g/mol. The lowest BCUT2D eigenvalue weighted by Crippen LogP contribution is -2.39. The third-order valence-electron chi connectivity index (χ3n) is 6.67. The number of aryl methyl sites for hydroxylation is 1. The first-order valence-corrected chi connectivity index (χ1v) is 12.5. The molecule has 35 heavy (non-hydrogen) atoms. The highest BCUT2D eigenvalue weighted by atomic mass is 19.1. The molecule has 0 aliphatic carbocycles. The van der Waals surface area contributed by atoms with Crippen LogP contribution < -0.4 is 0 Å². The fourth-order valence-electron chi connectivity index (χ4n) is 4.75. The predicted octanol–water partition coefficient (Wildman–Crippen LogP) is 4.91. The predicted molar refractivity (Wildman–Crippen MR) is 131 cm³/mol. The fraction of sp³-hybridized carbons (Fsp3) is 0.536. The number of carbonyl (C=O) groups is 1. The molecule has 1 aliphatic heterocycles. The fourth-order valence-corrected chi connectivity index (χ4v) is 4.75. The van der Waals surface area contributed by atoms with E-state index in [1.54, 1.807) is 38.1 Å². The van der Waals surface area contributed by atoms with Gasteiger partial charge in [0.15, 0.2) is 0 Å². The van der Waals surface area contributed by atoms with E-state index in [1.807, 2.05) is 13.0 Å². The molecule has 0 radical (unpaired) electrons. The summed E-state index contributed by atoms with van der Waals surface area (Å²) in [6.07, 6.45) is 1.97. The van der Waals surface area contributed by atoms with Crippen LogP contribution in [0.25, 0.3) is 0 Å². The van der Waals surface area contributed by atoms with Crippen molar-refractivity contribution in [2.75, 3.05) is 26.3 Å². The van der Waals surface area contributed by atoms with Crippen LogP contribution in [0.1, 0.15) is 61.5 Å². The highest BCUT2D eigenvalue weighted by Gasteiger charge is 2.27. The summed E-state index contributed by atoms with van der Waals surface area (Å²) in [5.74, 6) is -0.928. The van der Waals surface area contributed by atoms with E-state index in [1.165, 1.54) is 6.07 Å². The van der Waals surface area contributed by atoms with Gasteiger partial charge in [0.1, 0.15) is 11.6 Å². The Morgan fingerprint density at radius 1 is 1.23 bits per heavy atom. The maximum Gasteiger partial charge on any atom is 0.306 e. The lowest BCUT2D eigenvalue weighted by molar-refractivity contribution is -0.143. The summed E-state index contributed by atoms with van der Waals surface area (Å²) in [7, 11) is 0. The number of rotatable bonds is 12. The zero-order valence-corrected chi connectivity index (χ0v) is 20.9. The number of aliphatic hydroxyl groups is 1. The molecule has 0 amide bonds. The zero-order chi connectivity index (χ0) is 25.4. The lowest BCUT2D eigenvalue weighted by atomic mass is 9.98. The zero-order valence-electron chi connectivity index (χ0n) is 20.9. The molecule has 2 aromatic carbocycles. The third kappa shape index (κ3) is 7.82. The minimum absolute atomic E-state index is 0.0956. The van der Waals surface area contributed by atoms with Crippen molar-refractivity contribution in [2.45, 2.75) is 71.1 Å². The Labute approximate surface area is 207 Å². The molecule has 0 spiro atoms. The van der Waals surface area contributed by atoms with E-state index < -0.39 is 12.2 Å². The van der Waals surface area contributed by atoms with Crippen LogP contribution in [0.3, 0.4) is 0 Å². The van der Waals surface area contributed by atoms with Crippen LogP contribution in [0, 0.1) is 18.6 Å². The van der Waals surface area contributed by atoms with E-state index in [2.05, 4.69) is 4.90 Å². The van der Waals surface area contributed by atoms with Gasteiger partial charge in [-0.15, -0.1) is 0 Å². The molecule has 1 saturated heterocycles. The minimum Gasteiger partial charge on any atom is -0.466 e. The quantitative estimate of drug-likeness (QED) is 0.429. The van der Waals surface area contributed by atoms with Crippen LogP contribution in [0.15, 0.2) is 36.4 Å². The minimum atomic E-state index is -0.704. The highest BCUT2D eigenvalue weighted by molar-refractivity contribution is 5.69. The number of aliphatic hydroxyl groups excluding tert-OH is 1. The van der Waals surface area contributed by atoms with Gasteiger partial charge in [-0.05, 0) is 87.4 Å². The van der Waals surface area contributed by atoms with Crippen molar-refractivity contribution in [3.8, 4) is 0 Å². The molecule has 3 rings (SSSR count). The third-order valence-corrected chi connectivity index (χ3v) is 6.67. The Bertz CT molecular complexity index is 983. The first-order chi connectivity index (χ1) is 16.8. The maximum absolute atomic E-state index is 14.5. The van der Waals surface area contributed by atoms with Crippen molar-refractivity contribution >= 4 is 5.97 Å². The normalized spacial score (nSPS) is 17.9. The Balaban J connectivity index is 1.53. The Morgan fingerprint density at radius 2 is 2.03 bits per heavy atom. The summed E-state index contributed by atoms with van der Waals surface area (Å²) in [5, 5.41) is 10.7. The van der Waals surface area contributed by atoms with Crippen molar-refractivity contribution in [2.24, 2.45) is 0 Å². The van der Waals surface area contributed by atoms with E-state index in [4.69, 9.17) is 9.47 Å². The number of likely N-dealkylation sites (tertiary alicyclic amines) is 1. The van der Waals surface area contributed by atoms with Crippen LogP contribution in [-0.4, -0.2) is 54.4 Å². The largest absolute Gasteiger partial charge is 0.466 e. The summed E-state index contributed by atoms with van der Waals surface area (Å²) in [6, 6.07) is 10.4. The summed E-state index contributed by atoms with van der Waals surface area (Å²) in [4.78, 5) is 14.0. The Hall–Kier alpha value is -2.35. The molecule has 1 heterocycles. The molecule has 3 atom stereocenters. The Kier molecular flexibility index (Phi) is 10.2. The van der Waals surface area contributed by atoms with E-state index >= 15 is 0 Å². The average Bonchev–Trinajstić information content (AvgIpc) is 3.25. The molecule has 2 aromatic rings. The molecule has 0 saturated carbocycles. The molecule has 192 valence electrons. The Morgan fingerprint density at radius 3 is 2.77 bits per heavy atom. The number of nitrogens with zero attached hydrogens (tertiary/aromatic N) is 1. The summed E-state index contributed by atoms with van der Waals surface area (Å²) < 4.78 is 39.3. The van der Waals surface area contributed by atoms with Crippen molar-refractivity contribution in [3.63, 3.8) is 0 Å². The number of esters is 1. The lowest BCUT2D eigenvalue weighted by Gasteiger charge is -2.28. The molecular formula is C28H37F2NO4. The number of ether oxygens (including phenoxy) is 2. The van der Waals surface area contributed by atoms with Crippen molar-refractivity contribution in [1.82, 2.24) is 4.90 Å². The smallest absolute Gasteiger partial charge is 0.306 e. The second kappa shape index (κ2) is 13.1. The van der Waals surface area contributed by atoms with E-state index in [-0.39, 0.29) is 43.1 Å². The topological polar surface area (TPSA) is 59.0 Å². The van der Waals surface area contributed by atoms with Gasteiger partial charge in [-0.1, -0.05) is 24.3 Å². The van der Waals surface area contributed by atoms with E-state index in [9.17, 15) is 18.7 Å². The second-order valence-corrected chi connectivity index (χ2v) is 9.32. The van der Waals surface area contributed by atoms with Crippen molar-refractivity contribution in [1.29, 1.82) is 0 Å². The molecule has 0 aromatic heterocycles. The number of carbonyl (C=O) groups excluding carboxylic acids is 1. The number of hydrogen-bond acceptors (Lipinski definition) is 5. The van der Waals surface area contributed by atoms with Gasteiger partial charge < -0.3 is 14.6 Å². The van der Waals surface area contributed by atoms with Gasteiger partial charge in [0, 0.05) is 19.0 Å². The molecule has 5 nitrogen and oxygen atoms in total. The first-order valence-electron chi connectivity index (χ1n) is 12.5. The van der Waals surface area contributed by atoms with E-state index in [0.29, 0.717) is 29.8 Å². The van der Waals surface area contributed by atoms with Crippen LogP contribution in [0.4, 0.5) is 8.78 Å². The van der Waals surface area contributed by atoms with Crippen LogP contribution in [0.2, 0.25) is 0 Å². The average molecular weight is 490 g/mol. The highest BCUT2D eigenvalue weighted by Crippen LogP contribution is 2.26. The van der Waals surface area contributed by atoms with Gasteiger partial charge in [-0.3, -0.25) is 9.69 Å². The molecule has 1 fully saturated rings. The first kappa shape index (κ1) is 27.2. The second-order valence-electron chi connectivity index (χ2n) is 9.32. The SMILES string of the molecule is CCOC(=O)CCc1c(F)cccc1[C@@H](C)OC[C@H](O)CN1CCC[C@H]1Cc1ccc(C)c(F)c1. The summed E-state index contributed by atoms with van der Waals surface area (Å²) in [6.45, 7) is 7.06. The van der Waals surface area contributed by atoms with Gasteiger partial charge in [0.05, 0.1) is 25.4 Å². The van der Waals surface area contributed by atoms with Crippen LogP contribution in [0.5, 0.6) is 0 Å². The molecule has 1 N–H and O–H groups in total. The standard InChI is InChI=1S/C28H37F2NO4/c1-4-34-28(33)13-12-25-24(8-5-9-26(25)29)20(3)35-18-23(32)17-31-14-6-7-22(31)15-21-11-10-19(2)27(30)16-21/h5,8-11,16,20,22-23,32H,4,6-7,12-15,17-18H2,1-3H3/t20-,22+,23-/m1/s1. The van der Waals surface area contributed by atoms with Gasteiger partial charge in [0.2, 0.25) is 0 Å². The van der Waals surface area contributed by atoms with Crippen molar-refractivity contribution < 1.29 is 28.2 Å². The number of halogens is 2. The molecule has 0 unspecified atom stereocenters. The van der Waals surface area contributed by atoms with Gasteiger partial charge in [0.25, 0.3) is 0 Å². The summed E-state index contributed by atoms with van der Waals surface area (Å²) >= 11 is 0. The molecule has 1 aliphatic rings. The molecule has 7 heteroatoms. The number of β-amino-alcohol motifs (C(OH)–C–C–N with tert-alkyl or cyclic N) is 1. The molecule has 0 bridgehead atoms. The summed E-state index contributed by atoms with van der Waals surface area (Å²) in [5.41, 5.74) is 2.71. The molecular weight excluding hydrogens is 452 g/mol.